The molecule has 2 heterocycles. The highest BCUT2D eigenvalue weighted by Crippen LogP contribution is 2.18. The van der Waals surface area contributed by atoms with Gasteiger partial charge in [-0.2, -0.15) is 11.8 Å². The Bertz CT molecular complexity index is 92.2. The fourth-order valence-electron chi connectivity index (χ4n) is 1.70. The van der Waals surface area contributed by atoms with Crippen LogP contribution in [0, 0.1) is 0 Å². The van der Waals surface area contributed by atoms with Gasteiger partial charge in [-0.1, -0.05) is 0 Å². The minimum Gasteiger partial charge on any atom is -0.311 e. The number of thioether (sulfide) groups is 1. The highest BCUT2D eigenvalue weighted by atomic mass is 32.2. The van der Waals surface area contributed by atoms with Crippen molar-refractivity contribution < 1.29 is 0 Å². The first-order valence-corrected chi connectivity index (χ1v) is 5.17. The summed E-state index contributed by atoms with van der Waals surface area (Å²) in [5.74, 6) is 2.65. The van der Waals surface area contributed by atoms with Gasteiger partial charge in [0.1, 0.15) is 0 Å². The van der Waals surface area contributed by atoms with Gasteiger partial charge in [-0.25, -0.2) is 0 Å². The second-order valence-corrected chi connectivity index (χ2v) is 4.13. The highest BCUT2D eigenvalue weighted by Gasteiger charge is 2.26. The smallest absolute Gasteiger partial charge is 0.0312 e. The maximum absolute atomic E-state index is 3.55. The fourth-order valence-corrected chi connectivity index (χ4v) is 2.89. The lowest BCUT2D eigenvalue weighted by molar-refractivity contribution is 0.331. The lowest BCUT2D eigenvalue weighted by Gasteiger charge is -2.36. The minimum absolute atomic E-state index is 0.757. The third kappa shape index (κ3) is 1.31. The van der Waals surface area contributed by atoms with Crippen LogP contribution in [-0.4, -0.2) is 36.7 Å². The quantitative estimate of drug-likeness (QED) is 0.521. The predicted octanol–water partition coefficient (Wildman–Crippen LogP) is 0.0533. The second-order valence-electron chi connectivity index (χ2n) is 2.98. The highest BCUT2D eigenvalue weighted by molar-refractivity contribution is 7.99. The molecule has 0 saturated carbocycles. The molecular formula is C7H14N2S. The summed E-state index contributed by atoms with van der Waals surface area (Å²) in [7, 11) is 0. The van der Waals surface area contributed by atoms with E-state index in [-0.39, 0.29) is 0 Å². The Hall–Kier alpha value is 0.270. The number of hydrogen-bond donors (Lipinski definition) is 2. The van der Waals surface area contributed by atoms with Crippen molar-refractivity contribution in [3.8, 4) is 0 Å². The van der Waals surface area contributed by atoms with Crippen molar-refractivity contribution in [1.82, 2.24) is 10.6 Å². The van der Waals surface area contributed by atoms with Crippen molar-refractivity contribution >= 4 is 11.8 Å². The number of piperazine rings is 1. The topological polar surface area (TPSA) is 24.1 Å². The van der Waals surface area contributed by atoms with Crippen molar-refractivity contribution in [3.05, 3.63) is 0 Å². The van der Waals surface area contributed by atoms with Crippen molar-refractivity contribution in [2.75, 3.05) is 24.6 Å². The van der Waals surface area contributed by atoms with E-state index >= 15 is 0 Å². The van der Waals surface area contributed by atoms with Crippen molar-refractivity contribution in [3.63, 3.8) is 0 Å². The summed E-state index contributed by atoms with van der Waals surface area (Å²) in [6.07, 6.45) is 1.35. The van der Waals surface area contributed by atoms with E-state index in [4.69, 9.17) is 0 Å². The monoisotopic (exact) mass is 158 g/mol. The molecule has 10 heavy (non-hydrogen) atoms. The van der Waals surface area contributed by atoms with E-state index < -0.39 is 0 Å². The van der Waals surface area contributed by atoms with Crippen molar-refractivity contribution in [1.29, 1.82) is 0 Å². The SMILES string of the molecule is C1CNC2CSCCC2N1. The summed E-state index contributed by atoms with van der Waals surface area (Å²) in [4.78, 5) is 0. The van der Waals surface area contributed by atoms with Gasteiger partial charge in [0, 0.05) is 30.9 Å². The number of fused-ring (bicyclic) bond motifs is 1. The molecule has 2 N–H and O–H groups in total. The third-order valence-corrected chi connectivity index (χ3v) is 3.41. The van der Waals surface area contributed by atoms with Crippen LogP contribution in [0.15, 0.2) is 0 Å². The maximum Gasteiger partial charge on any atom is 0.0312 e. The molecule has 2 unspecified atom stereocenters. The summed E-state index contributed by atoms with van der Waals surface area (Å²) in [5, 5.41) is 7.08. The molecule has 2 saturated heterocycles. The summed E-state index contributed by atoms with van der Waals surface area (Å²) in [6.45, 7) is 2.31. The Morgan fingerprint density at radius 2 is 1.90 bits per heavy atom. The summed E-state index contributed by atoms with van der Waals surface area (Å²) >= 11 is 2.08. The molecule has 0 bridgehead atoms. The zero-order chi connectivity index (χ0) is 6.81. The molecule has 0 aromatic rings. The van der Waals surface area contributed by atoms with Crippen LogP contribution >= 0.6 is 11.8 Å². The normalized spacial score (nSPS) is 40.8. The van der Waals surface area contributed by atoms with Crippen molar-refractivity contribution in [2.24, 2.45) is 0 Å². The molecule has 0 aromatic heterocycles. The molecule has 0 spiro atoms. The zero-order valence-corrected chi connectivity index (χ0v) is 6.91. The largest absolute Gasteiger partial charge is 0.311 e. The first kappa shape index (κ1) is 6.95. The van der Waals surface area contributed by atoms with Crippen LogP contribution in [0.5, 0.6) is 0 Å². The van der Waals surface area contributed by atoms with Gasteiger partial charge in [0.15, 0.2) is 0 Å². The molecule has 0 aliphatic carbocycles. The Balaban J connectivity index is 1.93. The van der Waals surface area contributed by atoms with Crippen LogP contribution in [0.3, 0.4) is 0 Å². The van der Waals surface area contributed by atoms with Crippen LogP contribution in [0.2, 0.25) is 0 Å². The minimum atomic E-state index is 0.757. The van der Waals surface area contributed by atoms with Gasteiger partial charge in [-0.3, -0.25) is 0 Å². The van der Waals surface area contributed by atoms with Gasteiger partial charge in [0.05, 0.1) is 0 Å². The molecule has 3 heteroatoms. The van der Waals surface area contributed by atoms with Crippen LogP contribution in [0.25, 0.3) is 0 Å². The molecule has 2 aliphatic heterocycles. The van der Waals surface area contributed by atoms with Crippen LogP contribution in [0.1, 0.15) is 6.42 Å². The van der Waals surface area contributed by atoms with E-state index in [0.29, 0.717) is 0 Å². The third-order valence-electron chi connectivity index (χ3n) is 2.29. The summed E-state index contributed by atoms with van der Waals surface area (Å²) in [6, 6.07) is 1.53. The molecule has 2 fully saturated rings. The van der Waals surface area contributed by atoms with Crippen LogP contribution < -0.4 is 10.6 Å². The Labute approximate surface area is 66.1 Å². The van der Waals surface area contributed by atoms with Gasteiger partial charge >= 0.3 is 0 Å². The van der Waals surface area contributed by atoms with Gasteiger partial charge in [0.2, 0.25) is 0 Å². The van der Waals surface area contributed by atoms with E-state index in [9.17, 15) is 0 Å². The Morgan fingerprint density at radius 1 is 1.10 bits per heavy atom. The van der Waals surface area contributed by atoms with Gasteiger partial charge in [-0.15, -0.1) is 0 Å². The standard InChI is InChI=1S/C7H14N2S/c1-4-10-5-7-6(1)8-2-3-9-7/h6-9H,1-5H2. The molecule has 0 aromatic carbocycles. The van der Waals surface area contributed by atoms with Crippen LogP contribution in [0.4, 0.5) is 0 Å². The van der Waals surface area contributed by atoms with E-state index in [1.807, 2.05) is 0 Å². The molecule has 2 aliphatic rings. The zero-order valence-electron chi connectivity index (χ0n) is 6.10. The van der Waals surface area contributed by atoms with E-state index in [1.165, 1.54) is 17.9 Å². The van der Waals surface area contributed by atoms with Crippen molar-refractivity contribution in [2.45, 2.75) is 18.5 Å². The number of hydrogen-bond acceptors (Lipinski definition) is 3. The number of nitrogens with one attached hydrogen (secondary N) is 2. The molecule has 2 atom stereocenters. The average Bonchev–Trinajstić information content (AvgIpc) is 2.05. The van der Waals surface area contributed by atoms with E-state index in [2.05, 4.69) is 22.4 Å². The van der Waals surface area contributed by atoms with Gasteiger partial charge in [-0.05, 0) is 12.2 Å². The van der Waals surface area contributed by atoms with Gasteiger partial charge in [0.25, 0.3) is 0 Å². The number of rotatable bonds is 0. The second kappa shape index (κ2) is 3.11. The summed E-state index contributed by atoms with van der Waals surface area (Å²) in [5.41, 5.74) is 0. The lowest BCUT2D eigenvalue weighted by Crippen LogP contribution is -2.58. The summed E-state index contributed by atoms with van der Waals surface area (Å²) < 4.78 is 0. The first-order valence-electron chi connectivity index (χ1n) is 4.01. The van der Waals surface area contributed by atoms with E-state index in [1.54, 1.807) is 0 Å². The fraction of sp³-hybridized carbons (Fsp3) is 1.00. The molecule has 0 radical (unpaired) electrons. The average molecular weight is 158 g/mol. The van der Waals surface area contributed by atoms with Crippen LogP contribution in [-0.2, 0) is 0 Å². The Kier molecular flexibility index (Phi) is 2.16. The maximum atomic E-state index is 3.55. The molecular weight excluding hydrogens is 144 g/mol. The van der Waals surface area contributed by atoms with Gasteiger partial charge < -0.3 is 10.6 Å². The van der Waals surface area contributed by atoms with E-state index in [0.717, 1.165) is 25.2 Å². The molecule has 2 rings (SSSR count). The molecule has 2 nitrogen and oxygen atoms in total. The first-order chi connectivity index (χ1) is 4.97. The predicted molar refractivity (Wildman–Crippen MR) is 45.5 cm³/mol. The molecule has 58 valence electrons. The molecule has 0 amide bonds. The lowest BCUT2D eigenvalue weighted by atomic mass is 10.0. The Morgan fingerprint density at radius 3 is 2.70 bits per heavy atom.